The van der Waals surface area contributed by atoms with Crippen LogP contribution < -0.4 is 0 Å². The summed E-state index contributed by atoms with van der Waals surface area (Å²) in [5.74, 6) is 0.736. The standard InChI is InChI=1S/C14H20N2O3S2/c17-14(12-1-8-20-11-12)16-6-4-15(5-7-16)13-2-9-21(18,19)10-3-13/h1,8,11,13H,2-7,9-10H2. The molecule has 0 atom stereocenters. The lowest BCUT2D eigenvalue weighted by molar-refractivity contribution is 0.0558. The molecular formula is C14H20N2O3S2. The Morgan fingerprint density at radius 2 is 1.81 bits per heavy atom. The molecule has 3 heterocycles. The minimum atomic E-state index is -2.80. The maximum atomic E-state index is 12.3. The molecule has 1 aromatic rings. The molecule has 0 bridgehead atoms. The Bertz CT molecular complexity index is 576. The summed E-state index contributed by atoms with van der Waals surface area (Å²) in [5.41, 5.74) is 0.775. The van der Waals surface area contributed by atoms with Crippen LogP contribution in [0.25, 0.3) is 0 Å². The topological polar surface area (TPSA) is 57.7 Å². The van der Waals surface area contributed by atoms with Gasteiger partial charge in [0.2, 0.25) is 0 Å². The maximum Gasteiger partial charge on any atom is 0.254 e. The third kappa shape index (κ3) is 3.46. The van der Waals surface area contributed by atoms with Crippen molar-refractivity contribution >= 4 is 27.1 Å². The lowest BCUT2D eigenvalue weighted by atomic mass is 10.1. The Morgan fingerprint density at radius 3 is 2.38 bits per heavy atom. The van der Waals surface area contributed by atoms with Gasteiger partial charge in [-0.25, -0.2) is 8.42 Å². The van der Waals surface area contributed by atoms with E-state index in [0.717, 1.165) is 44.6 Å². The van der Waals surface area contributed by atoms with Crippen molar-refractivity contribution in [3.05, 3.63) is 22.4 Å². The molecule has 2 fully saturated rings. The number of piperazine rings is 1. The molecule has 21 heavy (non-hydrogen) atoms. The highest BCUT2D eigenvalue weighted by Gasteiger charge is 2.31. The summed E-state index contributed by atoms with van der Waals surface area (Å²) in [6.07, 6.45) is 1.47. The highest BCUT2D eigenvalue weighted by molar-refractivity contribution is 7.91. The van der Waals surface area contributed by atoms with Crippen molar-refractivity contribution in [3.63, 3.8) is 0 Å². The molecular weight excluding hydrogens is 308 g/mol. The second-order valence-electron chi connectivity index (χ2n) is 5.72. The summed E-state index contributed by atoms with van der Waals surface area (Å²) in [6, 6.07) is 2.23. The number of sulfone groups is 1. The fourth-order valence-corrected chi connectivity index (χ4v) is 5.20. The molecule has 0 aromatic carbocycles. The Kier molecular flexibility index (Phi) is 4.33. The van der Waals surface area contributed by atoms with E-state index in [-0.39, 0.29) is 5.91 Å². The maximum absolute atomic E-state index is 12.3. The zero-order valence-corrected chi connectivity index (χ0v) is 13.5. The van der Waals surface area contributed by atoms with Crippen molar-refractivity contribution in [1.82, 2.24) is 9.80 Å². The molecule has 3 rings (SSSR count). The molecule has 0 N–H and O–H groups in total. The zero-order chi connectivity index (χ0) is 14.9. The number of rotatable bonds is 2. The lowest BCUT2D eigenvalue weighted by Crippen LogP contribution is -2.53. The van der Waals surface area contributed by atoms with Crippen LogP contribution in [0.5, 0.6) is 0 Å². The van der Waals surface area contributed by atoms with Crippen LogP contribution in [0.1, 0.15) is 23.2 Å². The zero-order valence-electron chi connectivity index (χ0n) is 11.9. The number of thiophene rings is 1. The first-order valence-corrected chi connectivity index (χ1v) is 10.1. The van der Waals surface area contributed by atoms with Gasteiger partial charge in [0, 0.05) is 37.6 Å². The van der Waals surface area contributed by atoms with Crippen molar-refractivity contribution in [2.45, 2.75) is 18.9 Å². The molecule has 1 aromatic heterocycles. The summed E-state index contributed by atoms with van der Waals surface area (Å²) in [7, 11) is -2.80. The summed E-state index contributed by atoms with van der Waals surface area (Å²) in [4.78, 5) is 16.5. The van der Waals surface area contributed by atoms with Crippen LogP contribution in [-0.2, 0) is 9.84 Å². The molecule has 0 unspecified atom stereocenters. The molecule has 0 spiro atoms. The Balaban J connectivity index is 1.53. The molecule has 5 nitrogen and oxygen atoms in total. The van der Waals surface area contributed by atoms with Gasteiger partial charge in [-0.05, 0) is 24.3 Å². The minimum Gasteiger partial charge on any atom is -0.336 e. The van der Waals surface area contributed by atoms with E-state index in [1.807, 2.05) is 21.7 Å². The normalized spacial score (nSPS) is 24.1. The largest absolute Gasteiger partial charge is 0.336 e. The van der Waals surface area contributed by atoms with E-state index in [1.54, 1.807) is 11.3 Å². The third-order valence-electron chi connectivity index (χ3n) is 4.41. The predicted octanol–water partition coefficient (Wildman–Crippen LogP) is 1.08. The van der Waals surface area contributed by atoms with Gasteiger partial charge in [-0.15, -0.1) is 0 Å². The van der Waals surface area contributed by atoms with Crippen LogP contribution in [0.15, 0.2) is 16.8 Å². The van der Waals surface area contributed by atoms with Gasteiger partial charge < -0.3 is 4.90 Å². The lowest BCUT2D eigenvalue weighted by Gasteiger charge is -2.40. The smallest absolute Gasteiger partial charge is 0.254 e. The van der Waals surface area contributed by atoms with E-state index >= 15 is 0 Å². The van der Waals surface area contributed by atoms with Crippen molar-refractivity contribution in [3.8, 4) is 0 Å². The van der Waals surface area contributed by atoms with Gasteiger partial charge in [-0.3, -0.25) is 9.69 Å². The first-order chi connectivity index (χ1) is 10.1. The summed E-state index contributed by atoms with van der Waals surface area (Å²) >= 11 is 1.54. The van der Waals surface area contributed by atoms with Gasteiger partial charge in [0.1, 0.15) is 9.84 Å². The van der Waals surface area contributed by atoms with Crippen LogP contribution in [0.3, 0.4) is 0 Å². The van der Waals surface area contributed by atoms with E-state index in [4.69, 9.17) is 0 Å². The number of hydrogen-bond donors (Lipinski definition) is 0. The van der Waals surface area contributed by atoms with E-state index in [1.165, 1.54) is 0 Å². The van der Waals surface area contributed by atoms with Crippen LogP contribution in [-0.4, -0.2) is 67.9 Å². The van der Waals surface area contributed by atoms with Crippen molar-refractivity contribution in [2.75, 3.05) is 37.7 Å². The Labute approximate surface area is 129 Å². The first-order valence-electron chi connectivity index (χ1n) is 7.31. The van der Waals surface area contributed by atoms with Crippen LogP contribution >= 0.6 is 11.3 Å². The number of amides is 1. The van der Waals surface area contributed by atoms with Crippen molar-refractivity contribution in [1.29, 1.82) is 0 Å². The first kappa shape index (κ1) is 15.0. The number of carbonyl (C=O) groups excluding carboxylic acids is 1. The van der Waals surface area contributed by atoms with Crippen molar-refractivity contribution in [2.24, 2.45) is 0 Å². The molecule has 2 aliphatic heterocycles. The fraction of sp³-hybridized carbons (Fsp3) is 0.643. The van der Waals surface area contributed by atoms with Gasteiger partial charge in [-0.1, -0.05) is 0 Å². The number of hydrogen-bond acceptors (Lipinski definition) is 5. The van der Waals surface area contributed by atoms with Crippen LogP contribution in [0.4, 0.5) is 0 Å². The van der Waals surface area contributed by atoms with Gasteiger partial charge >= 0.3 is 0 Å². The number of nitrogens with zero attached hydrogens (tertiary/aromatic N) is 2. The Hall–Kier alpha value is -0.920. The van der Waals surface area contributed by atoms with E-state index in [0.29, 0.717) is 17.5 Å². The number of carbonyl (C=O) groups is 1. The fourth-order valence-electron chi connectivity index (χ4n) is 3.10. The molecule has 0 aliphatic carbocycles. The average molecular weight is 328 g/mol. The molecule has 7 heteroatoms. The van der Waals surface area contributed by atoms with Gasteiger partial charge in [0.05, 0.1) is 17.1 Å². The summed E-state index contributed by atoms with van der Waals surface area (Å²) in [6.45, 7) is 3.16. The molecule has 0 radical (unpaired) electrons. The van der Waals surface area contributed by atoms with E-state index in [9.17, 15) is 13.2 Å². The molecule has 116 valence electrons. The quantitative estimate of drug-likeness (QED) is 0.815. The molecule has 2 saturated heterocycles. The third-order valence-corrected chi connectivity index (χ3v) is 6.81. The van der Waals surface area contributed by atoms with Crippen molar-refractivity contribution < 1.29 is 13.2 Å². The summed E-state index contributed by atoms with van der Waals surface area (Å²) in [5, 5.41) is 3.81. The average Bonchev–Trinajstić information content (AvgIpc) is 3.01. The molecule has 0 saturated carbocycles. The minimum absolute atomic E-state index is 0.113. The van der Waals surface area contributed by atoms with Crippen LogP contribution in [0.2, 0.25) is 0 Å². The second-order valence-corrected chi connectivity index (χ2v) is 8.81. The van der Waals surface area contributed by atoms with Crippen LogP contribution in [0, 0.1) is 0 Å². The highest BCUT2D eigenvalue weighted by Crippen LogP contribution is 2.20. The predicted molar refractivity (Wildman–Crippen MR) is 83.5 cm³/mol. The van der Waals surface area contributed by atoms with E-state index in [2.05, 4.69) is 4.90 Å². The summed E-state index contributed by atoms with van der Waals surface area (Å²) < 4.78 is 23.0. The van der Waals surface area contributed by atoms with Gasteiger partial charge in [-0.2, -0.15) is 11.3 Å². The van der Waals surface area contributed by atoms with Gasteiger partial charge in [0.25, 0.3) is 5.91 Å². The molecule has 2 aliphatic rings. The van der Waals surface area contributed by atoms with Gasteiger partial charge in [0.15, 0.2) is 0 Å². The van der Waals surface area contributed by atoms with E-state index < -0.39 is 9.84 Å². The SMILES string of the molecule is O=C(c1ccsc1)N1CCN(C2CCS(=O)(=O)CC2)CC1. The highest BCUT2D eigenvalue weighted by atomic mass is 32.2. The molecule has 1 amide bonds. The second kappa shape index (κ2) is 6.06. The monoisotopic (exact) mass is 328 g/mol. The Morgan fingerprint density at radius 1 is 1.14 bits per heavy atom.